The molecule has 218 valence electrons. The summed E-state index contributed by atoms with van der Waals surface area (Å²) in [5.41, 5.74) is 1.28. The van der Waals surface area contributed by atoms with Crippen LogP contribution >= 0.6 is 0 Å². The normalized spacial score (nSPS) is 21.9. The van der Waals surface area contributed by atoms with E-state index in [2.05, 4.69) is 58.5 Å². The van der Waals surface area contributed by atoms with Crippen LogP contribution in [-0.4, -0.2) is 39.7 Å². The summed E-state index contributed by atoms with van der Waals surface area (Å²) in [5.74, 6) is 3.65. The summed E-state index contributed by atoms with van der Waals surface area (Å²) in [5, 5.41) is 9.85. The van der Waals surface area contributed by atoms with Crippen LogP contribution < -0.4 is 4.74 Å². The van der Waals surface area contributed by atoms with E-state index in [1.165, 1.54) is 5.57 Å². The van der Waals surface area contributed by atoms with E-state index in [0.29, 0.717) is 18.9 Å². The molecule has 7 heteroatoms. The van der Waals surface area contributed by atoms with E-state index in [1.807, 2.05) is 37.3 Å². The predicted molar refractivity (Wildman–Crippen MR) is 162 cm³/mol. The minimum atomic E-state index is -2.05. The number of carbonyl (C=O) groups is 1. The average molecular weight is 566 g/mol. The molecule has 0 fully saturated rings. The van der Waals surface area contributed by atoms with Crippen LogP contribution in [0.2, 0.25) is 19.6 Å². The highest BCUT2D eigenvalue weighted by Crippen LogP contribution is 2.44. The fraction of sp³-hybridized carbons (Fsp3) is 0.576. The van der Waals surface area contributed by atoms with Crippen molar-refractivity contribution in [2.75, 3.05) is 13.7 Å². The van der Waals surface area contributed by atoms with Crippen LogP contribution in [0.1, 0.15) is 53.0 Å². The molecule has 0 unspecified atom stereocenters. The van der Waals surface area contributed by atoms with E-state index in [9.17, 15) is 10.1 Å². The Balaban J connectivity index is 2.54. The molecule has 1 aliphatic rings. The molecule has 6 nitrogen and oxygen atoms in total. The van der Waals surface area contributed by atoms with Crippen LogP contribution in [0, 0.1) is 47.3 Å². The van der Waals surface area contributed by atoms with E-state index in [-0.39, 0.29) is 29.9 Å². The second kappa shape index (κ2) is 14.7. The average Bonchev–Trinajstić information content (AvgIpc) is 2.89. The zero-order chi connectivity index (χ0) is 30.1. The van der Waals surface area contributed by atoms with Gasteiger partial charge < -0.3 is 18.6 Å². The van der Waals surface area contributed by atoms with Crippen molar-refractivity contribution < 1.29 is 23.4 Å². The number of esters is 1. The van der Waals surface area contributed by atoms with E-state index < -0.39 is 26.0 Å². The monoisotopic (exact) mass is 565 g/mol. The maximum atomic E-state index is 12.6. The van der Waals surface area contributed by atoms with Crippen LogP contribution in [0.15, 0.2) is 47.6 Å². The molecule has 0 saturated heterocycles. The van der Waals surface area contributed by atoms with Gasteiger partial charge in [0.05, 0.1) is 26.4 Å². The quantitative estimate of drug-likeness (QED) is 0.0635. The molecule has 0 aromatic heterocycles. The van der Waals surface area contributed by atoms with Gasteiger partial charge in [0.2, 0.25) is 0 Å². The number of benzene rings is 1. The molecule has 0 N–H and O–H groups in total. The van der Waals surface area contributed by atoms with Crippen molar-refractivity contribution in [2.24, 2.45) is 23.7 Å². The van der Waals surface area contributed by atoms with Gasteiger partial charge in [0.1, 0.15) is 23.0 Å². The lowest BCUT2D eigenvalue weighted by atomic mass is 9.65. The van der Waals surface area contributed by atoms with Crippen LogP contribution in [0.5, 0.6) is 5.75 Å². The van der Waals surface area contributed by atoms with Gasteiger partial charge in [-0.3, -0.25) is 0 Å². The first-order chi connectivity index (χ1) is 18.8. The summed E-state index contributed by atoms with van der Waals surface area (Å²) in [6.45, 7) is 17.1. The molecule has 5 atom stereocenters. The molecular weight excluding hydrogens is 518 g/mol. The Bertz CT molecular complexity index is 1140. The van der Waals surface area contributed by atoms with E-state index in [1.54, 1.807) is 14.0 Å². The molecule has 1 aliphatic carbocycles. The number of rotatable bonds is 13. The Morgan fingerprint density at radius 3 is 2.40 bits per heavy atom. The molecule has 2 rings (SSSR count). The number of hydrogen-bond acceptors (Lipinski definition) is 6. The van der Waals surface area contributed by atoms with Gasteiger partial charge in [-0.2, -0.15) is 5.26 Å². The molecule has 0 spiro atoms. The number of nitriles is 1. The number of methoxy groups -OCH3 is 1. The van der Waals surface area contributed by atoms with Crippen molar-refractivity contribution in [3.63, 3.8) is 0 Å². The summed E-state index contributed by atoms with van der Waals surface area (Å²) < 4.78 is 23.7. The van der Waals surface area contributed by atoms with Crippen molar-refractivity contribution in [3.05, 3.63) is 53.1 Å². The van der Waals surface area contributed by atoms with Crippen molar-refractivity contribution >= 4 is 14.3 Å². The Kier molecular flexibility index (Phi) is 12.3. The zero-order valence-electron chi connectivity index (χ0n) is 25.7. The van der Waals surface area contributed by atoms with Crippen molar-refractivity contribution in [1.29, 1.82) is 5.26 Å². The van der Waals surface area contributed by atoms with Gasteiger partial charge in [-0.05, 0) is 94.6 Å². The lowest BCUT2D eigenvalue weighted by molar-refractivity contribution is -0.138. The smallest absolute Gasteiger partial charge is 0.348 e. The summed E-state index contributed by atoms with van der Waals surface area (Å²) in [4.78, 5) is 12.6. The molecule has 0 saturated carbocycles. The van der Waals surface area contributed by atoms with E-state index in [4.69, 9.17) is 25.1 Å². The van der Waals surface area contributed by atoms with Crippen LogP contribution in [0.25, 0.3) is 0 Å². The van der Waals surface area contributed by atoms with Gasteiger partial charge in [-0.15, -0.1) is 6.42 Å². The Morgan fingerprint density at radius 2 is 1.90 bits per heavy atom. The first-order valence-corrected chi connectivity index (χ1v) is 17.6. The third kappa shape index (κ3) is 9.09. The third-order valence-electron chi connectivity index (χ3n) is 7.58. The highest BCUT2D eigenvalue weighted by Gasteiger charge is 2.43. The maximum absolute atomic E-state index is 12.6. The second-order valence-electron chi connectivity index (χ2n) is 12.0. The molecule has 0 amide bonds. The predicted octanol–water partition coefficient (Wildman–Crippen LogP) is 7.08. The van der Waals surface area contributed by atoms with E-state index >= 15 is 0 Å². The standard InChI is InChI=1S/C33H47NO5Si/c1-11-33(6,39-40(8,9)10)31(38-22-25-14-16-27(36-7)17-15-25)20-29-24(5)13-18-28(23(3)4)30(29)19-26(21-34)32(35)37-12-2/h1,13-17,19,23,28-31H,12,18,20,22H2,2-10H3/b26-19+/t28-,29+,30-,31+,33+/m1/s1. The Morgan fingerprint density at radius 1 is 1.25 bits per heavy atom. The maximum Gasteiger partial charge on any atom is 0.348 e. The number of nitrogens with zero attached hydrogens (tertiary/aromatic N) is 1. The van der Waals surface area contributed by atoms with Gasteiger partial charge in [-0.1, -0.05) is 49.6 Å². The molecule has 0 aliphatic heterocycles. The molecule has 1 aromatic carbocycles. The number of allylic oxidation sites excluding steroid dienone is 3. The first-order valence-electron chi connectivity index (χ1n) is 14.2. The van der Waals surface area contributed by atoms with Gasteiger partial charge in [0.25, 0.3) is 0 Å². The number of carbonyl (C=O) groups excluding carboxylic acids is 1. The number of terminal acetylenes is 1. The minimum Gasteiger partial charge on any atom is -0.497 e. The first kappa shape index (κ1) is 33.4. The lowest BCUT2D eigenvalue weighted by Crippen LogP contribution is -2.50. The Labute approximate surface area is 242 Å². The Hall–Kier alpha value is -2.84. The minimum absolute atomic E-state index is 0.00213. The third-order valence-corrected chi connectivity index (χ3v) is 8.62. The SMILES string of the molecule is C#C[C@](C)(O[Si](C)(C)C)[C@H](C[C@H]1C(C)=CC[C@H](C(C)C)[C@H]1/C=C(\C#N)C(=O)OCC)OCc1ccc(OC)cc1. The van der Waals surface area contributed by atoms with Gasteiger partial charge in [-0.25, -0.2) is 4.79 Å². The molecule has 40 heavy (non-hydrogen) atoms. The van der Waals surface area contributed by atoms with Gasteiger partial charge in [0, 0.05) is 0 Å². The number of hydrogen-bond donors (Lipinski definition) is 0. The van der Waals surface area contributed by atoms with E-state index in [0.717, 1.165) is 17.7 Å². The lowest BCUT2D eigenvalue weighted by Gasteiger charge is -2.44. The largest absolute Gasteiger partial charge is 0.497 e. The summed E-state index contributed by atoms with van der Waals surface area (Å²) >= 11 is 0. The molecule has 0 bridgehead atoms. The molecule has 1 aromatic rings. The zero-order valence-corrected chi connectivity index (χ0v) is 26.7. The summed E-state index contributed by atoms with van der Waals surface area (Å²) in [7, 11) is -0.413. The van der Waals surface area contributed by atoms with Crippen molar-refractivity contribution in [2.45, 2.75) is 85.4 Å². The topological polar surface area (TPSA) is 77.8 Å². The number of ether oxygens (including phenoxy) is 3. The molecule has 0 heterocycles. The summed E-state index contributed by atoms with van der Waals surface area (Å²) in [6.07, 6.45) is 11.3. The fourth-order valence-electron chi connectivity index (χ4n) is 5.51. The summed E-state index contributed by atoms with van der Waals surface area (Å²) in [6, 6.07) is 9.86. The molecular formula is C33H47NO5Si. The van der Waals surface area contributed by atoms with Crippen molar-refractivity contribution in [3.8, 4) is 24.2 Å². The van der Waals surface area contributed by atoms with Gasteiger partial charge >= 0.3 is 5.97 Å². The van der Waals surface area contributed by atoms with Crippen LogP contribution in [0.3, 0.4) is 0 Å². The van der Waals surface area contributed by atoms with Gasteiger partial charge in [0.15, 0.2) is 8.32 Å². The fourth-order valence-corrected chi connectivity index (χ4v) is 6.97. The van der Waals surface area contributed by atoms with Crippen LogP contribution in [-0.2, 0) is 25.3 Å². The highest BCUT2D eigenvalue weighted by atomic mass is 28.4. The highest BCUT2D eigenvalue weighted by molar-refractivity contribution is 6.69. The molecule has 0 radical (unpaired) electrons. The second-order valence-corrected chi connectivity index (χ2v) is 16.5. The van der Waals surface area contributed by atoms with Crippen LogP contribution in [0.4, 0.5) is 0 Å². The van der Waals surface area contributed by atoms with Crippen molar-refractivity contribution in [1.82, 2.24) is 0 Å².